The fourth-order valence-electron chi connectivity index (χ4n) is 2.20. The van der Waals surface area contributed by atoms with Gasteiger partial charge in [0, 0.05) is 18.1 Å². The van der Waals surface area contributed by atoms with Crippen LogP contribution in [0.25, 0.3) is 0 Å². The molecule has 0 radical (unpaired) electrons. The van der Waals surface area contributed by atoms with Gasteiger partial charge in [-0.3, -0.25) is 4.79 Å². The number of nitriles is 1. The van der Waals surface area contributed by atoms with Crippen LogP contribution in [0.4, 0.5) is 5.69 Å². The van der Waals surface area contributed by atoms with Crippen LogP contribution >= 0.6 is 11.6 Å². The third-order valence-corrected chi connectivity index (χ3v) is 3.65. The average Bonchev–Trinajstić information content (AvgIpc) is 2.73. The maximum Gasteiger partial charge on any atom is 0.311 e. The summed E-state index contributed by atoms with van der Waals surface area (Å²) in [7, 11) is 0. The fourth-order valence-corrected chi connectivity index (χ4v) is 2.37. The summed E-state index contributed by atoms with van der Waals surface area (Å²) in [6, 6.07) is 7.15. The van der Waals surface area contributed by atoms with Crippen molar-refractivity contribution in [1.29, 1.82) is 5.26 Å². The van der Waals surface area contributed by atoms with Crippen LogP contribution in [-0.4, -0.2) is 24.2 Å². The first-order valence-corrected chi connectivity index (χ1v) is 6.02. The Hall–Kier alpha value is -1.73. The minimum absolute atomic E-state index is 0.400. The second kappa shape index (κ2) is 4.51. The van der Waals surface area contributed by atoms with Gasteiger partial charge in [-0.2, -0.15) is 5.26 Å². The highest BCUT2D eigenvalue weighted by Crippen LogP contribution is 2.35. The highest BCUT2D eigenvalue weighted by atomic mass is 35.5. The molecule has 1 heterocycles. The molecule has 5 heteroatoms. The molecule has 1 aromatic carbocycles. The van der Waals surface area contributed by atoms with E-state index in [0.717, 1.165) is 5.69 Å². The number of anilines is 1. The molecule has 0 saturated carbocycles. The molecule has 0 aliphatic carbocycles. The van der Waals surface area contributed by atoms with Gasteiger partial charge in [-0.1, -0.05) is 11.6 Å². The van der Waals surface area contributed by atoms with Crippen molar-refractivity contribution >= 4 is 23.3 Å². The lowest BCUT2D eigenvalue weighted by atomic mass is 9.90. The van der Waals surface area contributed by atoms with Gasteiger partial charge in [0.25, 0.3) is 0 Å². The number of halogens is 1. The molecule has 0 bridgehead atoms. The zero-order chi connectivity index (χ0) is 13.3. The summed E-state index contributed by atoms with van der Waals surface area (Å²) in [6.07, 6.45) is 0.569. The maximum absolute atomic E-state index is 11.2. The van der Waals surface area contributed by atoms with E-state index in [1.165, 1.54) is 0 Å². The van der Waals surface area contributed by atoms with Crippen molar-refractivity contribution < 1.29 is 9.90 Å². The van der Waals surface area contributed by atoms with Gasteiger partial charge in [-0.15, -0.1) is 0 Å². The lowest BCUT2D eigenvalue weighted by Gasteiger charge is -2.22. The van der Waals surface area contributed by atoms with Crippen LogP contribution in [0.3, 0.4) is 0 Å². The number of carbonyl (C=O) groups is 1. The smallest absolute Gasteiger partial charge is 0.311 e. The summed E-state index contributed by atoms with van der Waals surface area (Å²) in [5.74, 6) is -0.800. The van der Waals surface area contributed by atoms with Crippen molar-refractivity contribution in [3.8, 4) is 6.07 Å². The molecule has 0 amide bonds. The van der Waals surface area contributed by atoms with Gasteiger partial charge in [0.2, 0.25) is 0 Å². The molecular formula is C13H13ClN2O2. The van der Waals surface area contributed by atoms with Gasteiger partial charge in [-0.05, 0) is 31.5 Å². The molecule has 2 rings (SSSR count). The number of hydrogen-bond acceptors (Lipinski definition) is 3. The Labute approximate surface area is 110 Å². The second-order valence-electron chi connectivity index (χ2n) is 4.81. The molecule has 1 aliphatic rings. The lowest BCUT2D eigenvalue weighted by molar-refractivity contribution is -0.146. The van der Waals surface area contributed by atoms with Gasteiger partial charge >= 0.3 is 5.97 Å². The quantitative estimate of drug-likeness (QED) is 0.891. The van der Waals surface area contributed by atoms with E-state index in [0.29, 0.717) is 30.1 Å². The molecule has 1 N–H and O–H groups in total. The van der Waals surface area contributed by atoms with Crippen molar-refractivity contribution in [1.82, 2.24) is 0 Å². The summed E-state index contributed by atoms with van der Waals surface area (Å²) in [5.41, 5.74) is 0.485. The van der Waals surface area contributed by atoms with Gasteiger partial charge in [0.1, 0.15) is 6.07 Å². The Morgan fingerprint density at radius 2 is 2.33 bits per heavy atom. The molecule has 0 spiro atoms. The van der Waals surface area contributed by atoms with Crippen LogP contribution in [0.5, 0.6) is 0 Å². The van der Waals surface area contributed by atoms with Gasteiger partial charge in [-0.25, -0.2) is 0 Å². The first-order valence-electron chi connectivity index (χ1n) is 5.64. The molecule has 1 unspecified atom stereocenters. The van der Waals surface area contributed by atoms with E-state index in [1.807, 2.05) is 4.90 Å². The van der Waals surface area contributed by atoms with Crippen molar-refractivity contribution in [2.75, 3.05) is 18.0 Å². The van der Waals surface area contributed by atoms with E-state index in [2.05, 4.69) is 6.07 Å². The molecule has 0 aromatic heterocycles. The van der Waals surface area contributed by atoms with E-state index < -0.39 is 11.4 Å². The van der Waals surface area contributed by atoms with Crippen LogP contribution in [0, 0.1) is 16.7 Å². The predicted molar refractivity (Wildman–Crippen MR) is 68.7 cm³/mol. The van der Waals surface area contributed by atoms with Crippen molar-refractivity contribution in [3.63, 3.8) is 0 Å². The Morgan fingerprint density at radius 3 is 2.89 bits per heavy atom. The Kier molecular flexibility index (Phi) is 3.18. The standard InChI is InChI=1S/C13H13ClN2O2/c1-13(12(17)18)4-5-16(8-13)11-6-10(14)3-2-9(11)7-15/h2-3,6H,4-5,8H2,1H3,(H,17,18). The summed E-state index contributed by atoms with van der Waals surface area (Å²) < 4.78 is 0. The van der Waals surface area contributed by atoms with Gasteiger partial charge in [0.05, 0.1) is 16.7 Å². The van der Waals surface area contributed by atoms with Crippen molar-refractivity contribution in [3.05, 3.63) is 28.8 Å². The summed E-state index contributed by atoms with van der Waals surface area (Å²) >= 11 is 5.93. The normalized spacial score (nSPS) is 22.8. The predicted octanol–water partition coefficient (Wildman–Crippen LogP) is 2.51. The third kappa shape index (κ3) is 2.14. The summed E-state index contributed by atoms with van der Waals surface area (Å²) in [4.78, 5) is 13.1. The highest BCUT2D eigenvalue weighted by Gasteiger charge is 2.41. The molecule has 1 fully saturated rings. The van der Waals surface area contributed by atoms with Crippen LogP contribution in [0.2, 0.25) is 5.02 Å². The fraction of sp³-hybridized carbons (Fsp3) is 0.385. The minimum Gasteiger partial charge on any atom is -0.481 e. The molecule has 18 heavy (non-hydrogen) atoms. The highest BCUT2D eigenvalue weighted by molar-refractivity contribution is 6.30. The molecule has 94 valence electrons. The minimum atomic E-state index is -0.800. The number of hydrogen-bond donors (Lipinski definition) is 1. The first-order chi connectivity index (χ1) is 8.46. The zero-order valence-electron chi connectivity index (χ0n) is 9.98. The Morgan fingerprint density at radius 1 is 1.61 bits per heavy atom. The van der Waals surface area contributed by atoms with Crippen LogP contribution in [-0.2, 0) is 4.79 Å². The molecule has 4 nitrogen and oxygen atoms in total. The Bertz CT molecular complexity index is 538. The SMILES string of the molecule is CC1(C(=O)O)CCN(c2cc(Cl)ccc2C#N)C1. The number of benzene rings is 1. The monoisotopic (exact) mass is 264 g/mol. The van der Waals surface area contributed by atoms with Crippen molar-refractivity contribution in [2.45, 2.75) is 13.3 Å². The van der Waals surface area contributed by atoms with Gasteiger partial charge in [0.15, 0.2) is 0 Å². The van der Waals surface area contributed by atoms with Crippen LogP contribution in [0.15, 0.2) is 18.2 Å². The van der Waals surface area contributed by atoms with E-state index in [4.69, 9.17) is 16.9 Å². The Balaban J connectivity index is 2.33. The molecular weight excluding hydrogens is 252 g/mol. The van der Waals surface area contributed by atoms with E-state index in [-0.39, 0.29) is 0 Å². The number of rotatable bonds is 2. The summed E-state index contributed by atoms with van der Waals surface area (Å²) in [6.45, 7) is 2.75. The molecule has 1 atom stereocenters. The van der Waals surface area contributed by atoms with E-state index in [9.17, 15) is 9.90 Å². The first kappa shape index (κ1) is 12.7. The number of aliphatic carboxylic acids is 1. The zero-order valence-corrected chi connectivity index (χ0v) is 10.7. The number of nitrogens with zero attached hydrogens (tertiary/aromatic N) is 2. The van der Waals surface area contributed by atoms with E-state index >= 15 is 0 Å². The number of carboxylic acid groups (broad SMARTS) is 1. The topological polar surface area (TPSA) is 64.3 Å². The van der Waals surface area contributed by atoms with Crippen LogP contribution < -0.4 is 4.90 Å². The van der Waals surface area contributed by atoms with Gasteiger partial charge < -0.3 is 10.0 Å². The van der Waals surface area contributed by atoms with Crippen molar-refractivity contribution in [2.24, 2.45) is 5.41 Å². The van der Waals surface area contributed by atoms with Crippen LogP contribution in [0.1, 0.15) is 18.9 Å². The second-order valence-corrected chi connectivity index (χ2v) is 5.25. The summed E-state index contributed by atoms with van der Waals surface area (Å²) in [5, 5.41) is 18.8. The lowest BCUT2D eigenvalue weighted by Crippen LogP contribution is -2.31. The maximum atomic E-state index is 11.2. The van der Waals surface area contributed by atoms with E-state index in [1.54, 1.807) is 25.1 Å². The molecule has 1 aliphatic heterocycles. The average molecular weight is 265 g/mol. The largest absolute Gasteiger partial charge is 0.481 e. The third-order valence-electron chi connectivity index (χ3n) is 3.41. The molecule has 1 saturated heterocycles. The number of carboxylic acids is 1. The molecule has 1 aromatic rings.